The molecule has 0 aromatic carbocycles. The lowest BCUT2D eigenvalue weighted by Crippen LogP contribution is -2.25. The molecule has 1 N–H and O–H groups in total. The van der Waals surface area contributed by atoms with E-state index in [1.165, 1.54) is 36.1 Å². The van der Waals surface area contributed by atoms with E-state index < -0.39 is 0 Å². The molecule has 0 fully saturated rings. The minimum absolute atomic E-state index is 0.0489. The third kappa shape index (κ3) is 3.97. The maximum absolute atomic E-state index is 11.7. The summed E-state index contributed by atoms with van der Waals surface area (Å²) < 4.78 is 2.49. The van der Waals surface area contributed by atoms with Gasteiger partial charge in [0.2, 0.25) is 5.91 Å². The van der Waals surface area contributed by atoms with Crippen molar-refractivity contribution in [2.45, 2.75) is 19.0 Å². The van der Waals surface area contributed by atoms with Crippen molar-refractivity contribution >= 4 is 65.7 Å². The number of hydrogen-bond acceptors (Lipinski definition) is 6. The molecule has 25 heavy (non-hydrogen) atoms. The number of amides is 1. The fourth-order valence-corrected chi connectivity index (χ4v) is 6.62. The van der Waals surface area contributed by atoms with Gasteiger partial charge in [0.15, 0.2) is 5.16 Å². The Morgan fingerprint density at radius 1 is 1.40 bits per heavy atom. The van der Waals surface area contributed by atoms with Crippen LogP contribution in [0.4, 0.5) is 0 Å². The molecule has 0 spiro atoms. The average Bonchev–Trinajstić information content (AvgIpc) is 3.08. The Morgan fingerprint density at radius 2 is 2.20 bits per heavy atom. The first kappa shape index (κ1) is 18.6. The van der Waals surface area contributed by atoms with Gasteiger partial charge in [0.1, 0.15) is 0 Å². The van der Waals surface area contributed by atoms with Crippen LogP contribution in [0.15, 0.2) is 33.9 Å². The quantitative estimate of drug-likeness (QED) is 0.316. The molecule has 0 aliphatic carbocycles. The maximum Gasteiger partial charge on any atom is 0.230 e. The summed E-state index contributed by atoms with van der Waals surface area (Å²) in [7, 11) is 0. The number of nitrogens with zero attached hydrogens (tertiary/aromatic N) is 2. The molecular weight excluding hydrogens is 438 g/mol. The molecule has 8 heteroatoms. The smallest absolute Gasteiger partial charge is 0.230 e. The monoisotopic (exact) mass is 453 g/mol. The van der Waals surface area contributed by atoms with Crippen molar-refractivity contribution in [3.05, 3.63) is 39.8 Å². The molecule has 3 rings (SSSR count). The van der Waals surface area contributed by atoms with Crippen molar-refractivity contribution in [2.75, 3.05) is 12.3 Å². The molecular formula is C17H16BrN3OS3. The Kier molecular flexibility index (Phi) is 5.93. The summed E-state index contributed by atoms with van der Waals surface area (Å²) in [5.74, 6) is 0.245. The lowest BCUT2D eigenvalue weighted by atomic mass is 10.1. The molecule has 1 amide bonds. The van der Waals surface area contributed by atoms with Crippen LogP contribution in [0, 0.1) is 13.8 Å². The predicted octanol–water partition coefficient (Wildman–Crippen LogP) is 5.19. The van der Waals surface area contributed by atoms with E-state index in [1.807, 2.05) is 6.07 Å². The SMILES string of the molecule is C=CCNC(=O)CSc1nccc(-c2sc3sc(Br)c(C)c3c2C)n1. The van der Waals surface area contributed by atoms with E-state index in [-0.39, 0.29) is 5.91 Å². The zero-order valence-electron chi connectivity index (χ0n) is 13.8. The van der Waals surface area contributed by atoms with Crippen LogP contribution >= 0.6 is 50.4 Å². The zero-order valence-corrected chi connectivity index (χ0v) is 17.8. The van der Waals surface area contributed by atoms with Crippen molar-refractivity contribution in [1.82, 2.24) is 15.3 Å². The number of fused-ring (bicyclic) bond motifs is 1. The summed E-state index contributed by atoms with van der Waals surface area (Å²) in [6, 6.07) is 1.93. The van der Waals surface area contributed by atoms with Gasteiger partial charge in [0, 0.05) is 18.1 Å². The first-order valence-electron chi connectivity index (χ1n) is 7.53. The summed E-state index contributed by atoms with van der Waals surface area (Å²) in [5.41, 5.74) is 3.44. The van der Waals surface area contributed by atoms with Gasteiger partial charge >= 0.3 is 0 Å². The fourth-order valence-electron chi connectivity index (χ4n) is 2.40. The standard InChI is InChI=1S/C17H16BrN3OS3/c1-4-6-19-12(22)8-23-17-20-7-5-11(21-17)14-9(2)13-10(3)15(18)25-16(13)24-14/h4-5,7H,1,6,8H2,2-3H3,(H,19,22). The van der Waals surface area contributed by atoms with Crippen molar-refractivity contribution < 1.29 is 4.79 Å². The highest BCUT2D eigenvalue weighted by Crippen LogP contribution is 2.46. The fraction of sp³-hybridized carbons (Fsp3) is 0.235. The summed E-state index contributed by atoms with van der Waals surface area (Å²) >= 11 is 8.47. The van der Waals surface area contributed by atoms with E-state index in [4.69, 9.17) is 0 Å². The van der Waals surface area contributed by atoms with Crippen LogP contribution in [-0.2, 0) is 4.79 Å². The van der Waals surface area contributed by atoms with E-state index >= 15 is 0 Å². The number of halogens is 1. The van der Waals surface area contributed by atoms with Crippen LogP contribution in [0.25, 0.3) is 20.0 Å². The van der Waals surface area contributed by atoms with E-state index in [0.29, 0.717) is 17.5 Å². The number of thiophene rings is 2. The number of hydrogen-bond donors (Lipinski definition) is 1. The van der Waals surface area contributed by atoms with Gasteiger partial charge in [0.05, 0.1) is 24.1 Å². The van der Waals surface area contributed by atoms with E-state index in [0.717, 1.165) is 10.6 Å². The van der Waals surface area contributed by atoms with Gasteiger partial charge in [0.25, 0.3) is 0 Å². The molecule has 0 radical (unpaired) electrons. The van der Waals surface area contributed by atoms with Crippen LogP contribution < -0.4 is 5.32 Å². The lowest BCUT2D eigenvalue weighted by Gasteiger charge is -2.04. The number of nitrogens with one attached hydrogen (secondary N) is 1. The molecule has 130 valence electrons. The number of thioether (sulfide) groups is 1. The van der Waals surface area contributed by atoms with Gasteiger partial charge in [-0.25, -0.2) is 9.97 Å². The summed E-state index contributed by atoms with van der Waals surface area (Å²) in [6.45, 7) is 8.33. The molecule has 4 nitrogen and oxygen atoms in total. The second-order valence-electron chi connectivity index (χ2n) is 5.33. The molecule has 0 unspecified atom stereocenters. The minimum atomic E-state index is -0.0489. The number of carbonyl (C=O) groups is 1. The van der Waals surface area contributed by atoms with Gasteiger partial charge < -0.3 is 5.32 Å². The Hall–Kier alpha value is -1.22. The minimum Gasteiger partial charge on any atom is -0.352 e. The Bertz CT molecular complexity index is 948. The van der Waals surface area contributed by atoms with Gasteiger partial charge in [-0.05, 0) is 47.0 Å². The lowest BCUT2D eigenvalue weighted by molar-refractivity contribution is -0.118. The third-order valence-electron chi connectivity index (χ3n) is 3.61. The Balaban J connectivity index is 1.83. The number of aromatic nitrogens is 2. The van der Waals surface area contributed by atoms with Crippen molar-refractivity contribution in [3.8, 4) is 10.6 Å². The van der Waals surface area contributed by atoms with Crippen LogP contribution in [0.5, 0.6) is 0 Å². The largest absolute Gasteiger partial charge is 0.352 e. The van der Waals surface area contributed by atoms with Crippen LogP contribution in [0.1, 0.15) is 11.1 Å². The highest BCUT2D eigenvalue weighted by atomic mass is 79.9. The molecule has 0 saturated heterocycles. The summed E-state index contributed by atoms with van der Waals surface area (Å²) in [6.07, 6.45) is 3.41. The normalized spacial score (nSPS) is 11.0. The molecule has 3 heterocycles. The summed E-state index contributed by atoms with van der Waals surface area (Å²) in [5, 5.41) is 4.67. The Labute approximate surface area is 166 Å². The van der Waals surface area contributed by atoms with Crippen molar-refractivity contribution in [2.24, 2.45) is 0 Å². The van der Waals surface area contributed by atoms with Crippen LogP contribution in [-0.4, -0.2) is 28.2 Å². The zero-order chi connectivity index (χ0) is 18.0. The van der Waals surface area contributed by atoms with Gasteiger partial charge in [-0.3, -0.25) is 4.79 Å². The molecule has 0 atom stereocenters. The van der Waals surface area contributed by atoms with Crippen LogP contribution in [0.2, 0.25) is 0 Å². The molecule has 0 aliphatic heterocycles. The molecule has 0 aliphatic rings. The average molecular weight is 454 g/mol. The van der Waals surface area contributed by atoms with Gasteiger partial charge in [-0.2, -0.15) is 0 Å². The first-order chi connectivity index (χ1) is 12.0. The van der Waals surface area contributed by atoms with Crippen molar-refractivity contribution in [3.63, 3.8) is 0 Å². The molecule has 0 saturated carbocycles. The van der Waals surface area contributed by atoms with Crippen molar-refractivity contribution in [1.29, 1.82) is 0 Å². The molecule has 3 aromatic heterocycles. The highest BCUT2D eigenvalue weighted by Gasteiger charge is 2.17. The Morgan fingerprint density at radius 3 is 2.92 bits per heavy atom. The van der Waals surface area contributed by atoms with Crippen LogP contribution in [0.3, 0.4) is 0 Å². The topological polar surface area (TPSA) is 54.9 Å². The highest BCUT2D eigenvalue weighted by molar-refractivity contribution is 9.11. The number of carbonyl (C=O) groups excluding carboxylic acids is 1. The number of rotatable bonds is 6. The predicted molar refractivity (Wildman–Crippen MR) is 112 cm³/mol. The van der Waals surface area contributed by atoms with E-state index in [1.54, 1.807) is 34.9 Å². The molecule has 3 aromatic rings. The second-order valence-corrected chi connectivity index (χ2v) is 9.89. The molecule has 0 bridgehead atoms. The van der Waals surface area contributed by atoms with Gasteiger partial charge in [-0.1, -0.05) is 17.8 Å². The van der Waals surface area contributed by atoms with E-state index in [2.05, 4.69) is 51.6 Å². The van der Waals surface area contributed by atoms with Gasteiger partial charge in [-0.15, -0.1) is 29.3 Å². The van der Waals surface area contributed by atoms with E-state index in [9.17, 15) is 4.79 Å². The third-order valence-corrected chi connectivity index (χ3v) is 8.03. The summed E-state index contributed by atoms with van der Waals surface area (Å²) in [4.78, 5) is 21.8. The number of aryl methyl sites for hydroxylation is 2. The second kappa shape index (κ2) is 7.99. The first-order valence-corrected chi connectivity index (χ1v) is 10.9. The maximum atomic E-state index is 11.7.